The monoisotopic (exact) mass is 318 g/mol. The van der Waals surface area contributed by atoms with Gasteiger partial charge in [-0.25, -0.2) is 4.39 Å². The minimum atomic E-state index is -0.333. The zero-order chi connectivity index (χ0) is 15.9. The van der Waals surface area contributed by atoms with Crippen LogP contribution in [0, 0.1) is 5.82 Å². The molecule has 2 N–H and O–H groups in total. The number of para-hydroxylation sites is 1. The second-order valence-electron chi connectivity index (χ2n) is 4.80. The van der Waals surface area contributed by atoms with Gasteiger partial charge in [0.2, 0.25) is 0 Å². The summed E-state index contributed by atoms with van der Waals surface area (Å²) in [5, 5.41) is 6.38. The molecule has 0 amide bonds. The number of nitrogens with one attached hydrogen (secondary N) is 2. The largest absolute Gasteiger partial charge is 0.494 e. The molecule has 0 heterocycles. The molecular weight excluding hydrogens is 299 g/mol. The smallest absolute Gasteiger partial charge is 0.171 e. The molecule has 3 nitrogen and oxygen atoms in total. The lowest BCUT2D eigenvalue weighted by molar-refractivity contribution is 0.340. The van der Waals surface area contributed by atoms with E-state index < -0.39 is 0 Å². The number of ether oxygens (including phenoxy) is 1. The van der Waals surface area contributed by atoms with E-state index in [1.54, 1.807) is 18.2 Å². The zero-order valence-corrected chi connectivity index (χ0v) is 13.4. The van der Waals surface area contributed by atoms with Crippen molar-refractivity contribution in [1.29, 1.82) is 0 Å². The van der Waals surface area contributed by atoms with Gasteiger partial charge in [0, 0.05) is 0 Å². The van der Waals surface area contributed by atoms with Crippen molar-refractivity contribution in [2.75, 3.05) is 11.9 Å². The van der Waals surface area contributed by atoms with Crippen LogP contribution in [-0.2, 0) is 0 Å². The lowest BCUT2D eigenvalue weighted by Crippen LogP contribution is -2.31. The van der Waals surface area contributed by atoms with Crippen LogP contribution in [0.4, 0.5) is 10.1 Å². The van der Waals surface area contributed by atoms with Crippen LogP contribution >= 0.6 is 12.2 Å². The topological polar surface area (TPSA) is 33.3 Å². The molecule has 0 aliphatic carbocycles. The number of rotatable bonds is 5. The SMILES string of the molecule is CCOc1ccc(C(C)NC(=S)Nc2ccccc2F)cc1. The normalized spacial score (nSPS) is 11.6. The molecule has 0 spiro atoms. The highest BCUT2D eigenvalue weighted by Crippen LogP contribution is 2.18. The standard InChI is InChI=1S/C17H19FN2OS/c1-3-21-14-10-8-13(9-11-14)12(2)19-17(22)20-16-7-5-4-6-15(16)18/h4-12H,3H2,1-2H3,(H2,19,20,22). The third kappa shape index (κ3) is 4.43. The summed E-state index contributed by atoms with van der Waals surface area (Å²) < 4.78 is 19.0. The van der Waals surface area contributed by atoms with Gasteiger partial charge in [0.05, 0.1) is 18.3 Å². The van der Waals surface area contributed by atoms with Gasteiger partial charge in [0.25, 0.3) is 0 Å². The van der Waals surface area contributed by atoms with E-state index in [4.69, 9.17) is 17.0 Å². The van der Waals surface area contributed by atoms with Crippen molar-refractivity contribution in [2.45, 2.75) is 19.9 Å². The van der Waals surface area contributed by atoms with Crippen molar-refractivity contribution in [3.8, 4) is 5.75 Å². The van der Waals surface area contributed by atoms with Crippen molar-refractivity contribution in [1.82, 2.24) is 5.32 Å². The van der Waals surface area contributed by atoms with Crippen LogP contribution < -0.4 is 15.4 Å². The van der Waals surface area contributed by atoms with E-state index in [1.165, 1.54) is 6.07 Å². The van der Waals surface area contributed by atoms with E-state index in [2.05, 4.69) is 10.6 Å². The first-order chi connectivity index (χ1) is 10.6. The average Bonchev–Trinajstić information content (AvgIpc) is 2.50. The molecule has 0 saturated heterocycles. The Hall–Kier alpha value is -2.14. The molecule has 0 bridgehead atoms. The lowest BCUT2D eigenvalue weighted by Gasteiger charge is -2.18. The summed E-state index contributed by atoms with van der Waals surface area (Å²) in [6.45, 7) is 4.58. The highest BCUT2D eigenvalue weighted by Gasteiger charge is 2.09. The molecule has 2 rings (SSSR count). The van der Waals surface area contributed by atoms with Crippen LogP contribution in [0.2, 0.25) is 0 Å². The van der Waals surface area contributed by atoms with Crippen molar-refractivity contribution < 1.29 is 9.13 Å². The van der Waals surface area contributed by atoms with Gasteiger partial charge < -0.3 is 15.4 Å². The van der Waals surface area contributed by atoms with Gasteiger partial charge in [-0.2, -0.15) is 0 Å². The number of hydrogen-bond acceptors (Lipinski definition) is 2. The third-order valence-corrected chi connectivity index (χ3v) is 3.38. The van der Waals surface area contributed by atoms with Crippen LogP contribution in [0.15, 0.2) is 48.5 Å². The zero-order valence-electron chi connectivity index (χ0n) is 12.6. The maximum atomic E-state index is 13.6. The van der Waals surface area contributed by atoms with E-state index in [0.29, 0.717) is 17.4 Å². The molecule has 116 valence electrons. The Balaban J connectivity index is 1.94. The molecule has 0 aromatic heterocycles. The number of halogens is 1. The molecule has 0 fully saturated rings. The Kier molecular flexibility index (Phi) is 5.72. The highest BCUT2D eigenvalue weighted by molar-refractivity contribution is 7.80. The average molecular weight is 318 g/mol. The summed E-state index contributed by atoms with van der Waals surface area (Å²) in [6, 6.07) is 14.2. The van der Waals surface area contributed by atoms with Crippen molar-refractivity contribution >= 4 is 23.0 Å². The van der Waals surface area contributed by atoms with E-state index in [0.717, 1.165) is 11.3 Å². The summed E-state index contributed by atoms with van der Waals surface area (Å²) in [5.74, 6) is 0.505. The molecule has 0 saturated carbocycles. The molecule has 5 heteroatoms. The van der Waals surface area contributed by atoms with Crippen LogP contribution in [0.3, 0.4) is 0 Å². The lowest BCUT2D eigenvalue weighted by atomic mass is 10.1. The van der Waals surface area contributed by atoms with E-state index in [-0.39, 0.29) is 11.9 Å². The molecule has 0 radical (unpaired) electrons. The number of anilines is 1. The minimum absolute atomic E-state index is 0.00227. The first-order valence-electron chi connectivity index (χ1n) is 7.15. The summed E-state index contributed by atoms with van der Waals surface area (Å²) in [4.78, 5) is 0. The number of hydrogen-bond donors (Lipinski definition) is 2. The fourth-order valence-corrected chi connectivity index (χ4v) is 2.31. The third-order valence-electron chi connectivity index (χ3n) is 3.16. The number of benzene rings is 2. The number of thiocarbonyl (C=S) groups is 1. The summed E-state index contributed by atoms with van der Waals surface area (Å²) in [7, 11) is 0. The van der Waals surface area contributed by atoms with E-state index in [1.807, 2.05) is 38.1 Å². The molecular formula is C17H19FN2OS. The Labute approximate surface area is 135 Å². The van der Waals surface area contributed by atoms with Crippen LogP contribution in [0.1, 0.15) is 25.5 Å². The van der Waals surface area contributed by atoms with Gasteiger partial charge in [0.15, 0.2) is 5.11 Å². The fourth-order valence-electron chi connectivity index (χ4n) is 2.02. The van der Waals surface area contributed by atoms with Gasteiger partial charge in [-0.05, 0) is 55.9 Å². The molecule has 2 aromatic rings. The fraction of sp³-hybridized carbons (Fsp3) is 0.235. The Morgan fingerprint density at radius 3 is 2.50 bits per heavy atom. The van der Waals surface area contributed by atoms with Crippen molar-refractivity contribution in [3.63, 3.8) is 0 Å². The predicted molar refractivity (Wildman–Crippen MR) is 91.8 cm³/mol. The molecule has 2 aromatic carbocycles. The minimum Gasteiger partial charge on any atom is -0.494 e. The maximum Gasteiger partial charge on any atom is 0.171 e. The first kappa shape index (κ1) is 16.2. The first-order valence-corrected chi connectivity index (χ1v) is 7.55. The molecule has 1 unspecified atom stereocenters. The van der Waals surface area contributed by atoms with Crippen LogP contribution in [-0.4, -0.2) is 11.7 Å². The molecule has 1 atom stereocenters. The summed E-state index contributed by atoms with van der Waals surface area (Å²) in [5.41, 5.74) is 1.43. The maximum absolute atomic E-state index is 13.6. The van der Waals surface area contributed by atoms with Crippen LogP contribution in [0.25, 0.3) is 0 Å². The second kappa shape index (κ2) is 7.75. The van der Waals surface area contributed by atoms with Gasteiger partial charge in [0.1, 0.15) is 11.6 Å². The molecule has 22 heavy (non-hydrogen) atoms. The van der Waals surface area contributed by atoms with Crippen LogP contribution in [0.5, 0.6) is 5.75 Å². The highest BCUT2D eigenvalue weighted by atomic mass is 32.1. The van der Waals surface area contributed by atoms with Crippen molar-refractivity contribution in [3.05, 3.63) is 59.9 Å². The Morgan fingerprint density at radius 2 is 1.86 bits per heavy atom. The van der Waals surface area contributed by atoms with Gasteiger partial charge in [-0.3, -0.25) is 0 Å². The second-order valence-corrected chi connectivity index (χ2v) is 5.21. The molecule has 0 aliphatic rings. The Bertz CT molecular complexity index is 631. The predicted octanol–water partition coefficient (Wildman–Crippen LogP) is 4.27. The Morgan fingerprint density at radius 1 is 1.18 bits per heavy atom. The summed E-state index contributed by atoms with van der Waals surface area (Å²) >= 11 is 5.23. The van der Waals surface area contributed by atoms with Gasteiger partial charge >= 0.3 is 0 Å². The quantitative estimate of drug-likeness (QED) is 0.807. The summed E-state index contributed by atoms with van der Waals surface area (Å²) in [6.07, 6.45) is 0. The van der Waals surface area contributed by atoms with Crippen molar-refractivity contribution in [2.24, 2.45) is 0 Å². The van der Waals surface area contributed by atoms with Gasteiger partial charge in [-0.15, -0.1) is 0 Å². The van der Waals surface area contributed by atoms with E-state index >= 15 is 0 Å². The van der Waals surface area contributed by atoms with Gasteiger partial charge in [-0.1, -0.05) is 24.3 Å². The molecule has 0 aliphatic heterocycles. The van der Waals surface area contributed by atoms with E-state index in [9.17, 15) is 4.39 Å².